The molecule has 1 aliphatic rings. The molecule has 1 aliphatic heterocycles. The molecular formula is C28H28N2O3. The number of aryl methyl sites for hydroxylation is 1. The summed E-state index contributed by atoms with van der Waals surface area (Å²) in [6.07, 6.45) is 3.22. The predicted molar refractivity (Wildman–Crippen MR) is 129 cm³/mol. The summed E-state index contributed by atoms with van der Waals surface area (Å²) < 4.78 is 13.7. The third kappa shape index (κ3) is 4.59. The fourth-order valence-corrected chi connectivity index (χ4v) is 4.63. The van der Waals surface area contributed by atoms with Crippen LogP contribution in [0, 0.1) is 0 Å². The van der Waals surface area contributed by atoms with E-state index in [0.29, 0.717) is 5.75 Å². The van der Waals surface area contributed by atoms with Crippen molar-refractivity contribution in [1.29, 1.82) is 0 Å². The van der Waals surface area contributed by atoms with Gasteiger partial charge in [0, 0.05) is 31.5 Å². The maximum atomic E-state index is 10.3. The van der Waals surface area contributed by atoms with Crippen molar-refractivity contribution < 1.29 is 14.6 Å². The van der Waals surface area contributed by atoms with Gasteiger partial charge in [-0.1, -0.05) is 36.4 Å². The second kappa shape index (κ2) is 9.43. The van der Waals surface area contributed by atoms with Crippen molar-refractivity contribution >= 4 is 0 Å². The van der Waals surface area contributed by atoms with Crippen LogP contribution in [0.4, 0.5) is 0 Å². The normalized spacial score (nSPS) is 16.1. The third-order valence-electron chi connectivity index (χ3n) is 6.14. The summed E-state index contributed by atoms with van der Waals surface area (Å²) in [7, 11) is 1.57. The first-order valence-corrected chi connectivity index (χ1v) is 11.3. The van der Waals surface area contributed by atoms with Crippen molar-refractivity contribution in [3.63, 3.8) is 0 Å². The number of hydrogen-bond acceptors (Lipinski definition) is 4. The number of phenols is 1. The second-order valence-electron chi connectivity index (χ2n) is 8.35. The zero-order chi connectivity index (χ0) is 22.6. The second-order valence-corrected chi connectivity index (χ2v) is 8.35. The van der Waals surface area contributed by atoms with Crippen LogP contribution in [0.3, 0.4) is 0 Å². The van der Waals surface area contributed by atoms with E-state index in [-0.39, 0.29) is 11.8 Å². The van der Waals surface area contributed by atoms with E-state index < -0.39 is 0 Å². The lowest BCUT2D eigenvalue weighted by Crippen LogP contribution is -2.29. The highest BCUT2D eigenvalue weighted by molar-refractivity contribution is 5.42. The number of rotatable bonds is 6. The minimum atomic E-state index is 0.0751. The minimum Gasteiger partial charge on any atom is -0.504 e. The van der Waals surface area contributed by atoms with Gasteiger partial charge in [-0.2, -0.15) is 0 Å². The van der Waals surface area contributed by atoms with Crippen LogP contribution in [-0.4, -0.2) is 28.2 Å². The number of hydrogen-bond donors (Lipinski definition) is 1. The number of benzene rings is 3. The van der Waals surface area contributed by atoms with Crippen molar-refractivity contribution in [2.45, 2.75) is 25.6 Å². The molecule has 1 atom stereocenters. The van der Waals surface area contributed by atoms with Crippen LogP contribution in [0.5, 0.6) is 23.0 Å². The van der Waals surface area contributed by atoms with Crippen LogP contribution in [-0.2, 0) is 13.1 Å². The summed E-state index contributed by atoms with van der Waals surface area (Å²) in [5, 5.41) is 10.3. The van der Waals surface area contributed by atoms with Gasteiger partial charge in [0.2, 0.25) is 0 Å². The molecule has 5 heteroatoms. The van der Waals surface area contributed by atoms with Crippen molar-refractivity contribution in [1.82, 2.24) is 9.47 Å². The van der Waals surface area contributed by atoms with Crippen LogP contribution in [0.1, 0.15) is 29.3 Å². The molecule has 2 heterocycles. The molecule has 0 aliphatic carbocycles. The van der Waals surface area contributed by atoms with Crippen LogP contribution in [0.2, 0.25) is 0 Å². The third-order valence-corrected chi connectivity index (χ3v) is 6.14. The summed E-state index contributed by atoms with van der Waals surface area (Å²) in [5.74, 6) is 2.31. The number of nitrogens with zero attached hydrogens (tertiary/aromatic N) is 2. The molecule has 0 fully saturated rings. The SMILES string of the molecule is COc1ccc(CN2CCCn3cccc3C2c2cccc(Oc3ccccc3)c2)cc1O. The first-order valence-electron chi connectivity index (χ1n) is 11.3. The maximum Gasteiger partial charge on any atom is 0.160 e. The van der Waals surface area contributed by atoms with Gasteiger partial charge < -0.3 is 19.1 Å². The Balaban J connectivity index is 1.49. The fourth-order valence-electron chi connectivity index (χ4n) is 4.63. The van der Waals surface area contributed by atoms with E-state index in [1.54, 1.807) is 13.2 Å². The lowest BCUT2D eigenvalue weighted by Gasteiger charge is -2.31. The first-order chi connectivity index (χ1) is 16.2. The van der Waals surface area contributed by atoms with Gasteiger partial charge >= 0.3 is 0 Å². The van der Waals surface area contributed by atoms with E-state index in [1.165, 1.54) is 11.3 Å². The number of aromatic nitrogens is 1. The van der Waals surface area contributed by atoms with Crippen molar-refractivity contribution in [2.24, 2.45) is 0 Å². The quantitative estimate of drug-likeness (QED) is 0.400. The largest absolute Gasteiger partial charge is 0.504 e. The van der Waals surface area contributed by atoms with E-state index in [4.69, 9.17) is 9.47 Å². The van der Waals surface area contributed by atoms with Crippen molar-refractivity contribution in [3.05, 3.63) is 108 Å². The molecule has 33 heavy (non-hydrogen) atoms. The molecule has 1 unspecified atom stereocenters. The molecule has 1 N–H and O–H groups in total. The molecule has 168 valence electrons. The molecule has 0 radical (unpaired) electrons. The lowest BCUT2D eigenvalue weighted by molar-refractivity contribution is 0.219. The van der Waals surface area contributed by atoms with Gasteiger partial charge in [-0.05, 0) is 66.1 Å². The average Bonchev–Trinajstić information content (AvgIpc) is 3.21. The highest BCUT2D eigenvalue weighted by atomic mass is 16.5. The highest BCUT2D eigenvalue weighted by Gasteiger charge is 2.28. The Labute approximate surface area is 194 Å². The summed E-state index contributed by atoms with van der Waals surface area (Å²) in [4.78, 5) is 2.47. The first kappa shape index (κ1) is 21.2. The summed E-state index contributed by atoms with van der Waals surface area (Å²) in [6.45, 7) is 2.66. The summed E-state index contributed by atoms with van der Waals surface area (Å²) in [5.41, 5.74) is 3.50. The minimum absolute atomic E-state index is 0.0751. The van der Waals surface area contributed by atoms with Gasteiger partial charge in [0.1, 0.15) is 11.5 Å². The van der Waals surface area contributed by atoms with Crippen molar-refractivity contribution in [2.75, 3.05) is 13.7 Å². The summed E-state index contributed by atoms with van der Waals surface area (Å²) in [6, 6.07) is 28.3. The Morgan fingerprint density at radius 3 is 2.55 bits per heavy atom. The van der Waals surface area contributed by atoms with Crippen LogP contribution in [0.15, 0.2) is 91.1 Å². The van der Waals surface area contributed by atoms with Gasteiger partial charge in [-0.15, -0.1) is 0 Å². The van der Waals surface area contributed by atoms with E-state index >= 15 is 0 Å². The molecule has 0 amide bonds. The number of methoxy groups -OCH3 is 1. The molecule has 0 saturated carbocycles. The van der Waals surface area contributed by atoms with Gasteiger partial charge in [-0.25, -0.2) is 0 Å². The number of phenolic OH excluding ortho intramolecular Hbond substituents is 1. The van der Waals surface area contributed by atoms with E-state index in [1.807, 2.05) is 48.5 Å². The smallest absolute Gasteiger partial charge is 0.160 e. The van der Waals surface area contributed by atoms with Gasteiger partial charge in [0.25, 0.3) is 0 Å². The summed E-state index contributed by atoms with van der Waals surface area (Å²) >= 11 is 0. The topological polar surface area (TPSA) is 46.9 Å². The average molecular weight is 441 g/mol. The molecular weight excluding hydrogens is 412 g/mol. The molecule has 5 rings (SSSR count). The zero-order valence-electron chi connectivity index (χ0n) is 18.7. The van der Waals surface area contributed by atoms with Crippen LogP contribution < -0.4 is 9.47 Å². The number of ether oxygens (including phenoxy) is 2. The van der Waals surface area contributed by atoms with E-state index in [0.717, 1.165) is 43.1 Å². The van der Waals surface area contributed by atoms with Gasteiger partial charge in [0.15, 0.2) is 11.5 Å². The van der Waals surface area contributed by atoms with E-state index in [9.17, 15) is 5.11 Å². The Morgan fingerprint density at radius 2 is 1.73 bits per heavy atom. The fraction of sp³-hybridized carbons (Fsp3) is 0.214. The molecule has 0 saturated heterocycles. The standard InChI is InChI=1S/C28H28N2O3/c1-32-27-14-13-21(18-26(27)31)20-30-17-7-16-29-15-6-12-25(29)28(30)22-8-5-11-24(19-22)33-23-9-3-2-4-10-23/h2-6,8-15,18-19,28,31H,7,16-17,20H2,1H3. The molecule has 0 bridgehead atoms. The van der Waals surface area contributed by atoms with Crippen molar-refractivity contribution in [3.8, 4) is 23.0 Å². The Bertz CT molecular complexity index is 1220. The Hall–Kier alpha value is -3.70. The van der Waals surface area contributed by atoms with E-state index in [2.05, 4.69) is 46.0 Å². The molecule has 4 aromatic rings. The van der Waals surface area contributed by atoms with Gasteiger partial charge in [-0.3, -0.25) is 4.90 Å². The maximum absolute atomic E-state index is 10.3. The number of para-hydroxylation sites is 1. The van der Waals surface area contributed by atoms with Crippen LogP contribution in [0.25, 0.3) is 0 Å². The molecule has 5 nitrogen and oxygen atoms in total. The highest BCUT2D eigenvalue weighted by Crippen LogP contribution is 2.36. The molecule has 3 aromatic carbocycles. The molecule has 0 spiro atoms. The number of aromatic hydroxyl groups is 1. The van der Waals surface area contributed by atoms with Gasteiger partial charge in [0.05, 0.1) is 13.2 Å². The zero-order valence-corrected chi connectivity index (χ0v) is 18.7. The van der Waals surface area contributed by atoms with Crippen LogP contribution >= 0.6 is 0 Å². The lowest BCUT2D eigenvalue weighted by atomic mass is 10.0. The number of fused-ring (bicyclic) bond motifs is 1. The molecule has 1 aromatic heterocycles. The predicted octanol–water partition coefficient (Wildman–Crippen LogP) is 5.99. The Morgan fingerprint density at radius 1 is 0.879 bits per heavy atom. The Kier molecular flexibility index (Phi) is 6.05. The monoisotopic (exact) mass is 440 g/mol.